The van der Waals surface area contributed by atoms with Gasteiger partial charge in [0.2, 0.25) is 5.88 Å². The Kier molecular flexibility index (Phi) is 2.19. The Morgan fingerprint density at radius 1 is 1.55 bits per heavy atom. The van der Waals surface area contributed by atoms with E-state index in [1.54, 1.807) is 7.85 Å². The summed E-state index contributed by atoms with van der Waals surface area (Å²) in [6, 6.07) is 0.0677. The molecule has 0 aliphatic carbocycles. The number of aromatic nitrogens is 2. The molecule has 1 aromatic rings. The van der Waals surface area contributed by atoms with Crippen LogP contribution in [0.2, 0.25) is 5.15 Å². The Morgan fingerprint density at radius 3 is 2.64 bits per heavy atom. The van der Waals surface area contributed by atoms with E-state index in [9.17, 15) is 0 Å². The lowest BCUT2D eigenvalue weighted by molar-refractivity contribution is 0.365. The molecule has 6 heteroatoms. The van der Waals surface area contributed by atoms with E-state index in [2.05, 4.69) is 14.7 Å². The first-order valence-corrected chi connectivity index (χ1v) is 3.30. The molecular formula is C5H6BClN2O2. The molecule has 0 spiro atoms. The summed E-state index contributed by atoms with van der Waals surface area (Å²) in [7, 11) is 3.03. The van der Waals surface area contributed by atoms with Crippen molar-refractivity contribution in [2.24, 2.45) is 0 Å². The fraction of sp³-hybridized carbons (Fsp3) is 0.200. The van der Waals surface area contributed by atoms with Gasteiger partial charge >= 0.3 is 6.01 Å². The van der Waals surface area contributed by atoms with Gasteiger partial charge in [0.1, 0.15) is 5.15 Å². The van der Waals surface area contributed by atoms with Crippen molar-refractivity contribution in [1.82, 2.24) is 9.97 Å². The van der Waals surface area contributed by atoms with Crippen LogP contribution in [0.15, 0.2) is 0 Å². The highest BCUT2D eigenvalue weighted by Crippen LogP contribution is 2.11. The fourth-order valence-electron chi connectivity index (χ4n) is 0.551. The molecule has 0 bridgehead atoms. The van der Waals surface area contributed by atoms with Crippen molar-refractivity contribution < 1.29 is 9.84 Å². The van der Waals surface area contributed by atoms with E-state index in [1.165, 1.54) is 7.11 Å². The topological polar surface area (TPSA) is 55.2 Å². The first-order chi connectivity index (χ1) is 5.15. The molecule has 0 atom stereocenters. The number of halogens is 1. The Morgan fingerprint density at radius 2 is 2.18 bits per heavy atom. The Bertz CT molecular complexity index is 258. The van der Waals surface area contributed by atoms with E-state index in [1.807, 2.05) is 0 Å². The molecule has 0 amide bonds. The average Bonchev–Trinajstić information content (AvgIpc) is 1.99. The van der Waals surface area contributed by atoms with Crippen molar-refractivity contribution in [3.63, 3.8) is 0 Å². The van der Waals surface area contributed by atoms with Crippen LogP contribution in [-0.2, 0) is 0 Å². The molecule has 11 heavy (non-hydrogen) atoms. The highest BCUT2D eigenvalue weighted by molar-refractivity contribution is 6.45. The van der Waals surface area contributed by atoms with Crippen molar-refractivity contribution in [3.05, 3.63) is 5.15 Å². The van der Waals surface area contributed by atoms with Gasteiger partial charge in [-0.3, -0.25) is 0 Å². The Hall–Kier alpha value is -0.965. The third kappa shape index (κ3) is 1.54. The quantitative estimate of drug-likeness (QED) is 0.441. The second-order valence-corrected chi connectivity index (χ2v) is 2.31. The molecule has 0 saturated heterocycles. The maximum Gasteiger partial charge on any atom is 0.320 e. The van der Waals surface area contributed by atoms with Crippen molar-refractivity contribution in [2.45, 2.75) is 0 Å². The molecule has 0 fully saturated rings. The zero-order valence-electron chi connectivity index (χ0n) is 6.13. The second-order valence-electron chi connectivity index (χ2n) is 1.95. The number of aromatic hydroxyl groups is 1. The predicted molar refractivity (Wildman–Crippen MR) is 43.4 cm³/mol. The molecule has 0 saturated carbocycles. The molecule has 58 valence electrons. The number of ether oxygens (including phenoxy) is 1. The van der Waals surface area contributed by atoms with E-state index < -0.39 is 0 Å². The average molecular weight is 172 g/mol. The molecule has 0 aromatic carbocycles. The van der Waals surface area contributed by atoms with E-state index in [4.69, 9.17) is 16.7 Å². The van der Waals surface area contributed by atoms with Crippen LogP contribution < -0.4 is 10.2 Å². The van der Waals surface area contributed by atoms with Gasteiger partial charge in [-0.05, 0) is 0 Å². The second kappa shape index (κ2) is 2.96. The molecular weight excluding hydrogens is 166 g/mol. The largest absolute Gasteiger partial charge is 0.493 e. The van der Waals surface area contributed by atoms with Gasteiger partial charge in [0, 0.05) is 5.46 Å². The Labute approximate surface area is 69.6 Å². The number of methoxy groups -OCH3 is 1. The summed E-state index contributed by atoms with van der Waals surface area (Å²) >= 11 is 5.61. The molecule has 0 radical (unpaired) electrons. The minimum atomic E-state index is -0.151. The van der Waals surface area contributed by atoms with Crippen molar-refractivity contribution in [2.75, 3.05) is 7.11 Å². The van der Waals surface area contributed by atoms with Gasteiger partial charge in [-0.2, -0.15) is 9.97 Å². The lowest BCUT2D eigenvalue weighted by Crippen LogP contribution is -2.09. The van der Waals surface area contributed by atoms with Gasteiger partial charge < -0.3 is 9.84 Å². The highest BCUT2D eigenvalue weighted by atomic mass is 35.5. The molecule has 1 heterocycles. The summed E-state index contributed by atoms with van der Waals surface area (Å²) < 4.78 is 4.66. The maximum absolute atomic E-state index is 9.10. The monoisotopic (exact) mass is 172 g/mol. The normalized spacial score (nSPS) is 9.64. The van der Waals surface area contributed by atoms with Crippen LogP contribution in [0.3, 0.4) is 0 Å². The summed E-state index contributed by atoms with van der Waals surface area (Å²) in [5, 5.41) is 9.30. The summed E-state index contributed by atoms with van der Waals surface area (Å²) in [6.07, 6.45) is 0. The van der Waals surface area contributed by atoms with Gasteiger partial charge in [0.25, 0.3) is 0 Å². The minimum Gasteiger partial charge on any atom is -0.493 e. The molecule has 1 N–H and O–H groups in total. The van der Waals surface area contributed by atoms with Crippen molar-refractivity contribution in [3.8, 4) is 11.9 Å². The van der Waals surface area contributed by atoms with E-state index in [-0.39, 0.29) is 17.0 Å². The summed E-state index contributed by atoms with van der Waals surface area (Å²) in [5.41, 5.74) is 0.451. The SMILES string of the molecule is Bc1c(O)nc(OC)nc1Cl. The van der Waals surface area contributed by atoms with Gasteiger partial charge in [0.05, 0.1) is 7.11 Å². The van der Waals surface area contributed by atoms with Crippen molar-refractivity contribution >= 4 is 24.9 Å². The third-order valence-corrected chi connectivity index (χ3v) is 1.59. The minimum absolute atomic E-state index is 0.0677. The van der Waals surface area contributed by atoms with Crippen molar-refractivity contribution in [1.29, 1.82) is 0 Å². The molecule has 0 unspecified atom stereocenters. The number of nitrogens with zero attached hydrogens (tertiary/aromatic N) is 2. The summed E-state index contributed by atoms with van der Waals surface area (Å²) in [5.74, 6) is -0.151. The first kappa shape index (κ1) is 8.13. The third-order valence-electron chi connectivity index (χ3n) is 1.22. The van der Waals surface area contributed by atoms with Crippen LogP contribution in [0.1, 0.15) is 0 Å². The summed E-state index contributed by atoms with van der Waals surface area (Å²) in [4.78, 5) is 7.31. The summed E-state index contributed by atoms with van der Waals surface area (Å²) in [6.45, 7) is 0. The predicted octanol–water partition coefficient (Wildman–Crippen LogP) is -0.897. The van der Waals surface area contributed by atoms with Crippen LogP contribution in [0.5, 0.6) is 11.9 Å². The van der Waals surface area contributed by atoms with Crippen LogP contribution >= 0.6 is 11.6 Å². The van der Waals surface area contributed by atoms with Crippen LogP contribution in [-0.4, -0.2) is 30.0 Å². The van der Waals surface area contributed by atoms with Crippen LogP contribution in [0, 0.1) is 0 Å². The number of hydrogen-bond donors (Lipinski definition) is 1. The van der Waals surface area contributed by atoms with Gasteiger partial charge in [-0.1, -0.05) is 11.6 Å². The zero-order chi connectivity index (χ0) is 8.43. The number of hydrogen-bond acceptors (Lipinski definition) is 4. The molecule has 0 aliphatic heterocycles. The zero-order valence-corrected chi connectivity index (χ0v) is 6.88. The van der Waals surface area contributed by atoms with E-state index in [0.717, 1.165) is 0 Å². The molecule has 4 nitrogen and oxygen atoms in total. The highest BCUT2D eigenvalue weighted by Gasteiger charge is 2.06. The lowest BCUT2D eigenvalue weighted by atomic mass is 10.00. The van der Waals surface area contributed by atoms with Gasteiger partial charge in [0.15, 0.2) is 7.85 Å². The van der Waals surface area contributed by atoms with E-state index in [0.29, 0.717) is 5.46 Å². The van der Waals surface area contributed by atoms with Crippen LogP contribution in [0.25, 0.3) is 0 Å². The maximum atomic E-state index is 9.10. The standard InChI is InChI=1S/C5H6BClN2O2/c1-11-5-8-3(7)2(6)4(10)9-5/h6H2,1H3,(H,8,9,10). The van der Waals surface area contributed by atoms with Gasteiger partial charge in [-0.25, -0.2) is 0 Å². The molecule has 1 rings (SSSR count). The number of rotatable bonds is 1. The van der Waals surface area contributed by atoms with E-state index >= 15 is 0 Å². The Balaban J connectivity index is 3.21. The fourth-order valence-corrected chi connectivity index (χ4v) is 0.708. The molecule has 0 aliphatic rings. The molecule has 1 aromatic heterocycles. The van der Waals surface area contributed by atoms with Gasteiger partial charge in [-0.15, -0.1) is 0 Å². The van der Waals surface area contributed by atoms with Crippen LogP contribution in [0.4, 0.5) is 0 Å². The smallest absolute Gasteiger partial charge is 0.320 e. The lowest BCUT2D eigenvalue weighted by Gasteiger charge is -2.01. The first-order valence-electron chi connectivity index (χ1n) is 2.92.